The van der Waals surface area contributed by atoms with Crippen molar-refractivity contribution in [2.45, 2.75) is 30.8 Å². The fourth-order valence-corrected chi connectivity index (χ4v) is 3.64. The summed E-state index contributed by atoms with van der Waals surface area (Å²) in [7, 11) is 0. The molecule has 1 aromatic heterocycles. The van der Waals surface area contributed by atoms with Gasteiger partial charge in [0.25, 0.3) is 0 Å². The van der Waals surface area contributed by atoms with Crippen LogP contribution in [0.2, 0.25) is 0 Å². The molecule has 1 atom stereocenters. The van der Waals surface area contributed by atoms with Gasteiger partial charge in [0.1, 0.15) is 11.6 Å². The Morgan fingerprint density at radius 1 is 1.38 bits per heavy atom. The Hall–Kier alpha value is -1.59. The zero-order valence-electron chi connectivity index (χ0n) is 11.8. The number of aryl methyl sites for hydroxylation is 1. The normalized spacial score (nSPS) is 17.5. The van der Waals surface area contributed by atoms with Gasteiger partial charge in [-0.2, -0.15) is 0 Å². The van der Waals surface area contributed by atoms with Gasteiger partial charge in [0, 0.05) is 23.2 Å². The standard InChI is InChI=1S/C16H17FN2OS/c1-10-2-4-15(20)14(19-10)9-18-13-6-7-21-16-5-3-11(17)8-12(13)16/h2-5,8,13,18,20H,6-7,9H2,1H3. The van der Waals surface area contributed by atoms with Crippen LogP contribution in [0.5, 0.6) is 5.75 Å². The lowest BCUT2D eigenvalue weighted by Crippen LogP contribution is -2.25. The van der Waals surface area contributed by atoms with E-state index >= 15 is 0 Å². The molecular formula is C16H17FN2OS. The molecule has 5 heteroatoms. The molecule has 110 valence electrons. The number of pyridine rings is 1. The summed E-state index contributed by atoms with van der Waals surface area (Å²) in [5.41, 5.74) is 2.50. The molecule has 0 radical (unpaired) electrons. The van der Waals surface area contributed by atoms with Gasteiger partial charge in [-0.25, -0.2) is 4.39 Å². The molecule has 0 amide bonds. The molecule has 0 fully saturated rings. The Morgan fingerprint density at radius 2 is 2.24 bits per heavy atom. The van der Waals surface area contributed by atoms with Crippen LogP contribution in [0.15, 0.2) is 35.2 Å². The van der Waals surface area contributed by atoms with E-state index in [2.05, 4.69) is 10.3 Å². The molecule has 0 saturated carbocycles. The molecule has 1 aliphatic heterocycles. The lowest BCUT2D eigenvalue weighted by atomic mass is 10.0. The minimum atomic E-state index is -0.209. The molecule has 21 heavy (non-hydrogen) atoms. The molecule has 0 spiro atoms. The van der Waals surface area contributed by atoms with Crippen LogP contribution in [0, 0.1) is 12.7 Å². The van der Waals surface area contributed by atoms with Crippen LogP contribution in [-0.2, 0) is 6.54 Å². The SMILES string of the molecule is Cc1ccc(O)c(CNC2CCSc3ccc(F)cc32)n1. The van der Waals surface area contributed by atoms with Crippen molar-refractivity contribution in [2.75, 3.05) is 5.75 Å². The summed E-state index contributed by atoms with van der Waals surface area (Å²) < 4.78 is 13.5. The lowest BCUT2D eigenvalue weighted by Gasteiger charge is -2.26. The van der Waals surface area contributed by atoms with Gasteiger partial charge >= 0.3 is 0 Å². The predicted octanol–water partition coefficient (Wildman–Crippen LogP) is 3.56. The van der Waals surface area contributed by atoms with Crippen molar-refractivity contribution >= 4 is 11.8 Å². The summed E-state index contributed by atoms with van der Waals surface area (Å²) in [6, 6.07) is 8.47. The van der Waals surface area contributed by atoms with E-state index in [1.54, 1.807) is 30.0 Å². The number of aromatic nitrogens is 1. The Balaban J connectivity index is 1.78. The van der Waals surface area contributed by atoms with Crippen molar-refractivity contribution < 1.29 is 9.50 Å². The Bertz CT molecular complexity index is 663. The van der Waals surface area contributed by atoms with Gasteiger partial charge in [-0.3, -0.25) is 4.98 Å². The molecule has 3 nitrogen and oxygen atoms in total. The van der Waals surface area contributed by atoms with Crippen LogP contribution in [-0.4, -0.2) is 15.8 Å². The molecule has 1 aliphatic rings. The molecule has 1 aromatic carbocycles. The molecule has 1 unspecified atom stereocenters. The highest BCUT2D eigenvalue weighted by molar-refractivity contribution is 7.99. The molecule has 2 aromatic rings. The van der Waals surface area contributed by atoms with Crippen LogP contribution in [0.4, 0.5) is 4.39 Å². The second-order valence-electron chi connectivity index (χ2n) is 5.17. The topological polar surface area (TPSA) is 45.1 Å². The van der Waals surface area contributed by atoms with E-state index in [4.69, 9.17) is 0 Å². The molecule has 3 rings (SSSR count). The minimum absolute atomic E-state index is 0.0960. The first-order valence-corrected chi connectivity index (χ1v) is 7.93. The summed E-state index contributed by atoms with van der Waals surface area (Å²) in [6.07, 6.45) is 0.938. The van der Waals surface area contributed by atoms with Crippen molar-refractivity contribution in [3.8, 4) is 5.75 Å². The van der Waals surface area contributed by atoms with Gasteiger partial charge in [0.05, 0.1) is 5.69 Å². The number of thioether (sulfide) groups is 1. The number of nitrogens with zero attached hydrogens (tertiary/aromatic N) is 1. The molecule has 0 bridgehead atoms. The van der Waals surface area contributed by atoms with E-state index in [0.29, 0.717) is 12.2 Å². The van der Waals surface area contributed by atoms with Crippen molar-refractivity contribution in [1.29, 1.82) is 0 Å². The highest BCUT2D eigenvalue weighted by atomic mass is 32.2. The van der Waals surface area contributed by atoms with Crippen LogP contribution in [0.1, 0.15) is 29.4 Å². The van der Waals surface area contributed by atoms with Gasteiger partial charge in [0.15, 0.2) is 0 Å². The zero-order valence-corrected chi connectivity index (χ0v) is 12.6. The minimum Gasteiger partial charge on any atom is -0.506 e. The summed E-state index contributed by atoms with van der Waals surface area (Å²) in [4.78, 5) is 5.47. The molecule has 0 aliphatic carbocycles. The molecule has 2 heterocycles. The molecule has 0 saturated heterocycles. The smallest absolute Gasteiger partial charge is 0.138 e. The number of aromatic hydroxyl groups is 1. The Labute approximate surface area is 127 Å². The lowest BCUT2D eigenvalue weighted by molar-refractivity contribution is 0.446. The number of benzene rings is 1. The third-order valence-electron chi connectivity index (χ3n) is 3.62. The second-order valence-corrected chi connectivity index (χ2v) is 6.31. The van der Waals surface area contributed by atoms with Gasteiger partial charge in [0.2, 0.25) is 0 Å². The maximum absolute atomic E-state index is 13.5. The highest BCUT2D eigenvalue weighted by Gasteiger charge is 2.21. The maximum atomic E-state index is 13.5. The van der Waals surface area contributed by atoms with E-state index in [-0.39, 0.29) is 17.6 Å². The summed E-state index contributed by atoms with van der Waals surface area (Å²) in [6.45, 7) is 2.36. The van der Waals surface area contributed by atoms with Crippen LogP contribution in [0.3, 0.4) is 0 Å². The monoisotopic (exact) mass is 304 g/mol. The average molecular weight is 304 g/mol. The van der Waals surface area contributed by atoms with Crippen molar-refractivity contribution in [1.82, 2.24) is 10.3 Å². The maximum Gasteiger partial charge on any atom is 0.138 e. The van der Waals surface area contributed by atoms with Gasteiger partial charge in [-0.05, 0) is 55.0 Å². The fourth-order valence-electron chi connectivity index (χ4n) is 2.53. The van der Waals surface area contributed by atoms with Crippen LogP contribution in [0.25, 0.3) is 0 Å². The number of fused-ring (bicyclic) bond motifs is 1. The number of halogens is 1. The van der Waals surface area contributed by atoms with Gasteiger partial charge < -0.3 is 10.4 Å². The molecular weight excluding hydrogens is 287 g/mol. The van der Waals surface area contributed by atoms with Gasteiger partial charge in [-0.15, -0.1) is 11.8 Å². The van der Waals surface area contributed by atoms with E-state index in [0.717, 1.165) is 28.3 Å². The highest BCUT2D eigenvalue weighted by Crippen LogP contribution is 2.36. The number of rotatable bonds is 3. The number of hydrogen-bond donors (Lipinski definition) is 2. The summed E-state index contributed by atoms with van der Waals surface area (Å²) >= 11 is 1.76. The molecule has 2 N–H and O–H groups in total. The van der Waals surface area contributed by atoms with Crippen LogP contribution >= 0.6 is 11.8 Å². The van der Waals surface area contributed by atoms with Crippen molar-refractivity contribution in [3.05, 3.63) is 53.1 Å². The Kier molecular flexibility index (Phi) is 4.12. The van der Waals surface area contributed by atoms with Gasteiger partial charge in [-0.1, -0.05) is 0 Å². The first-order chi connectivity index (χ1) is 10.1. The fraction of sp³-hybridized carbons (Fsp3) is 0.312. The van der Waals surface area contributed by atoms with Crippen molar-refractivity contribution in [2.24, 2.45) is 0 Å². The first kappa shape index (κ1) is 14.4. The van der Waals surface area contributed by atoms with E-state index in [9.17, 15) is 9.50 Å². The quantitative estimate of drug-likeness (QED) is 0.910. The van der Waals surface area contributed by atoms with E-state index in [1.165, 1.54) is 6.07 Å². The first-order valence-electron chi connectivity index (χ1n) is 6.94. The summed E-state index contributed by atoms with van der Waals surface area (Å²) in [5, 5.41) is 13.2. The van der Waals surface area contributed by atoms with E-state index < -0.39 is 0 Å². The van der Waals surface area contributed by atoms with Crippen molar-refractivity contribution in [3.63, 3.8) is 0 Å². The third-order valence-corrected chi connectivity index (χ3v) is 4.74. The van der Waals surface area contributed by atoms with Crippen LogP contribution < -0.4 is 5.32 Å². The third kappa shape index (κ3) is 3.19. The number of nitrogens with one attached hydrogen (secondary N) is 1. The Morgan fingerprint density at radius 3 is 3.10 bits per heavy atom. The van der Waals surface area contributed by atoms with E-state index in [1.807, 2.05) is 13.0 Å². The summed E-state index contributed by atoms with van der Waals surface area (Å²) in [5.74, 6) is 0.987. The predicted molar refractivity (Wildman–Crippen MR) is 82.0 cm³/mol. The largest absolute Gasteiger partial charge is 0.506 e. The zero-order chi connectivity index (χ0) is 14.8. The number of hydrogen-bond acceptors (Lipinski definition) is 4. The average Bonchev–Trinajstić information content (AvgIpc) is 2.48. The second kappa shape index (κ2) is 6.03.